The van der Waals surface area contributed by atoms with Crippen LogP contribution in [-0.4, -0.2) is 28.3 Å². The molecule has 34 heavy (non-hydrogen) atoms. The summed E-state index contributed by atoms with van der Waals surface area (Å²) in [6.07, 6.45) is 1.12. The van der Waals surface area contributed by atoms with Gasteiger partial charge in [-0.2, -0.15) is 0 Å². The first-order chi connectivity index (χ1) is 16.2. The van der Waals surface area contributed by atoms with Crippen LogP contribution in [0.5, 0.6) is 0 Å². The first-order valence-corrected chi connectivity index (χ1v) is 11.7. The molecule has 4 nitrogen and oxygen atoms in total. The molecule has 1 N–H and O–H groups in total. The predicted molar refractivity (Wildman–Crippen MR) is 134 cm³/mol. The van der Waals surface area contributed by atoms with Crippen molar-refractivity contribution in [2.45, 2.75) is 58.2 Å². The second-order valence-electron chi connectivity index (χ2n) is 9.54. The lowest BCUT2D eigenvalue weighted by molar-refractivity contribution is -0.142. The van der Waals surface area contributed by atoms with Gasteiger partial charge in [-0.15, -0.1) is 0 Å². The lowest BCUT2D eigenvalue weighted by atomic mass is 9.99. The van der Waals surface area contributed by atoms with Crippen molar-refractivity contribution >= 4 is 11.8 Å². The number of amides is 2. The normalized spacial score (nSPS) is 12.1. The average Bonchev–Trinajstić information content (AvgIpc) is 2.81. The van der Waals surface area contributed by atoms with Crippen molar-refractivity contribution in [3.8, 4) is 0 Å². The number of hydrogen-bond donors (Lipinski definition) is 1. The second kappa shape index (κ2) is 11.6. The standard InChI is InChI=1S/C29H33FN2O2/c1-29(2,3)31-28(34)26(20-23-14-8-5-9-15-23)32(21-24-16-10-11-17-25(24)30)27(33)19-18-22-12-6-4-7-13-22/h4-17,26H,18-21H2,1-3H3,(H,31,34)/t26-/m1/s1. The minimum atomic E-state index is -0.774. The summed E-state index contributed by atoms with van der Waals surface area (Å²) in [5, 5.41) is 3.02. The van der Waals surface area contributed by atoms with Gasteiger partial charge in [0.15, 0.2) is 0 Å². The van der Waals surface area contributed by atoms with Crippen LogP contribution in [0.1, 0.15) is 43.9 Å². The lowest BCUT2D eigenvalue weighted by Crippen LogP contribution is -2.54. The monoisotopic (exact) mass is 460 g/mol. The van der Waals surface area contributed by atoms with E-state index in [2.05, 4.69) is 5.32 Å². The maximum atomic E-state index is 14.6. The van der Waals surface area contributed by atoms with Gasteiger partial charge in [-0.1, -0.05) is 78.9 Å². The number of hydrogen-bond acceptors (Lipinski definition) is 2. The van der Waals surface area contributed by atoms with Crippen LogP contribution in [0.3, 0.4) is 0 Å². The van der Waals surface area contributed by atoms with Crippen molar-refractivity contribution in [3.05, 3.63) is 107 Å². The topological polar surface area (TPSA) is 49.4 Å². The Morgan fingerprint density at radius 3 is 2.00 bits per heavy atom. The molecule has 0 aliphatic carbocycles. The van der Waals surface area contributed by atoms with Gasteiger partial charge >= 0.3 is 0 Å². The fourth-order valence-electron chi connectivity index (χ4n) is 3.86. The maximum absolute atomic E-state index is 14.6. The highest BCUT2D eigenvalue weighted by molar-refractivity contribution is 5.88. The summed E-state index contributed by atoms with van der Waals surface area (Å²) in [6.45, 7) is 5.74. The Morgan fingerprint density at radius 2 is 1.41 bits per heavy atom. The second-order valence-corrected chi connectivity index (χ2v) is 9.54. The van der Waals surface area contributed by atoms with Crippen LogP contribution in [0.2, 0.25) is 0 Å². The smallest absolute Gasteiger partial charge is 0.243 e. The Labute approximate surface area is 201 Å². The first-order valence-electron chi connectivity index (χ1n) is 11.7. The largest absolute Gasteiger partial charge is 0.350 e. The van der Waals surface area contributed by atoms with Crippen LogP contribution in [-0.2, 0) is 29.0 Å². The summed E-state index contributed by atoms with van der Waals surface area (Å²) in [5.41, 5.74) is 1.89. The minimum absolute atomic E-state index is 0.0232. The van der Waals surface area contributed by atoms with Gasteiger partial charge in [0.1, 0.15) is 11.9 Å². The summed E-state index contributed by atoms with van der Waals surface area (Å²) in [4.78, 5) is 28.6. The Hall–Kier alpha value is -3.47. The molecule has 0 aromatic heterocycles. The first kappa shape index (κ1) is 25.2. The number of nitrogens with zero attached hydrogens (tertiary/aromatic N) is 1. The van der Waals surface area contributed by atoms with Crippen molar-refractivity contribution in [1.29, 1.82) is 0 Å². The summed E-state index contributed by atoms with van der Waals surface area (Å²) in [7, 11) is 0. The highest BCUT2D eigenvalue weighted by Crippen LogP contribution is 2.19. The molecule has 0 unspecified atom stereocenters. The van der Waals surface area contributed by atoms with Gasteiger partial charge in [-0.3, -0.25) is 9.59 Å². The number of rotatable bonds is 9. The van der Waals surface area contributed by atoms with E-state index in [1.807, 2.05) is 81.4 Å². The van der Waals surface area contributed by atoms with Crippen molar-refractivity contribution in [3.63, 3.8) is 0 Å². The van der Waals surface area contributed by atoms with Crippen LogP contribution >= 0.6 is 0 Å². The van der Waals surface area contributed by atoms with Crippen LogP contribution in [0.15, 0.2) is 84.9 Å². The SMILES string of the molecule is CC(C)(C)NC(=O)[C@@H](Cc1ccccc1)N(Cc1ccccc1F)C(=O)CCc1ccccc1. The summed E-state index contributed by atoms with van der Waals surface area (Å²) >= 11 is 0. The van der Waals surface area contributed by atoms with E-state index in [9.17, 15) is 14.0 Å². The molecule has 0 fully saturated rings. The molecule has 0 bridgehead atoms. The fraction of sp³-hybridized carbons (Fsp3) is 0.310. The molecule has 0 saturated heterocycles. The maximum Gasteiger partial charge on any atom is 0.243 e. The molecule has 3 aromatic rings. The number of halogens is 1. The van der Waals surface area contributed by atoms with E-state index >= 15 is 0 Å². The van der Waals surface area contributed by atoms with E-state index < -0.39 is 17.4 Å². The van der Waals surface area contributed by atoms with Crippen molar-refractivity contribution in [2.75, 3.05) is 0 Å². The van der Waals surface area contributed by atoms with Gasteiger partial charge in [0, 0.05) is 30.5 Å². The van der Waals surface area contributed by atoms with E-state index in [0.717, 1.165) is 11.1 Å². The van der Waals surface area contributed by atoms with E-state index in [-0.39, 0.29) is 24.8 Å². The zero-order valence-corrected chi connectivity index (χ0v) is 20.1. The van der Waals surface area contributed by atoms with Gasteiger partial charge in [0.05, 0.1) is 0 Å². The lowest BCUT2D eigenvalue weighted by Gasteiger charge is -2.34. The number of carbonyl (C=O) groups excluding carboxylic acids is 2. The summed E-state index contributed by atoms with van der Waals surface area (Å²) in [6, 6.07) is 25.0. The van der Waals surface area contributed by atoms with Gasteiger partial charge in [0.2, 0.25) is 11.8 Å². The van der Waals surface area contributed by atoms with E-state index in [0.29, 0.717) is 18.4 Å². The Bertz CT molecular complexity index is 1080. The van der Waals surface area contributed by atoms with Crippen molar-refractivity contribution in [1.82, 2.24) is 10.2 Å². The highest BCUT2D eigenvalue weighted by Gasteiger charge is 2.32. The third-order valence-electron chi connectivity index (χ3n) is 5.54. The number of nitrogens with one attached hydrogen (secondary N) is 1. The number of benzene rings is 3. The van der Waals surface area contributed by atoms with E-state index in [4.69, 9.17) is 0 Å². The van der Waals surface area contributed by atoms with Gasteiger partial charge in [-0.05, 0) is 44.4 Å². The molecule has 0 aliphatic rings. The fourth-order valence-corrected chi connectivity index (χ4v) is 3.86. The van der Waals surface area contributed by atoms with Crippen LogP contribution < -0.4 is 5.32 Å². The van der Waals surface area contributed by atoms with Gasteiger partial charge in [-0.25, -0.2) is 4.39 Å². The molecular weight excluding hydrogens is 427 g/mol. The van der Waals surface area contributed by atoms with Gasteiger partial charge < -0.3 is 10.2 Å². The Kier molecular flexibility index (Phi) is 8.58. The van der Waals surface area contributed by atoms with E-state index in [1.165, 1.54) is 11.0 Å². The predicted octanol–water partition coefficient (Wildman–Crippen LogP) is 5.31. The zero-order valence-electron chi connectivity index (χ0n) is 20.1. The number of aryl methyl sites for hydroxylation is 1. The van der Waals surface area contributed by atoms with Crippen LogP contribution in [0.25, 0.3) is 0 Å². The van der Waals surface area contributed by atoms with Crippen molar-refractivity contribution in [2.24, 2.45) is 0 Å². The molecule has 178 valence electrons. The molecule has 0 heterocycles. The average molecular weight is 461 g/mol. The Balaban J connectivity index is 1.94. The number of carbonyl (C=O) groups is 2. The Morgan fingerprint density at radius 1 is 0.853 bits per heavy atom. The third kappa shape index (κ3) is 7.55. The zero-order chi connectivity index (χ0) is 24.6. The molecule has 5 heteroatoms. The molecule has 0 radical (unpaired) electrons. The molecule has 1 atom stereocenters. The molecule has 0 saturated carbocycles. The molecule has 0 spiro atoms. The molecule has 2 amide bonds. The van der Waals surface area contributed by atoms with Crippen molar-refractivity contribution < 1.29 is 14.0 Å². The summed E-state index contributed by atoms with van der Waals surface area (Å²) in [5.74, 6) is -0.823. The third-order valence-corrected chi connectivity index (χ3v) is 5.54. The molecule has 3 aromatic carbocycles. The summed E-state index contributed by atoms with van der Waals surface area (Å²) < 4.78 is 14.6. The van der Waals surface area contributed by atoms with Gasteiger partial charge in [0.25, 0.3) is 0 Å². The van der Waals surface area contributed by atoms with E-state index in [1.54, 1.807) is 18.2 Å². The quantitative estimate of drug-likeness (QED) is 0.470. The molecule has 0 aliphatic heterocycles. The van der Waals surface area contributed by atoms with Crippen LogP contribution in [0, 0.1) is 5.82 Å². The molecular formula is C29H33FN2O2. The highest BCUT2D eigenvalue weighted by atomic mass is 19.1. The minimum Gasteiger partial charge on any atom is -0.350 e. The molecule has 3 rings (SSSR count). The van der Waals surface area contributed by atoms with Crippen LogP contribution in [0.4, 0.5) is 4.39 Å².